The maximum Gasteiger partial charge on any atom is 0.255 e. The number of hydrogen-bond donors (Lipinski definition) is 2. The van der Waals surface area contributed by atoms with Crippen LogP contribution in [0.1, 0.15) is 121 Å². The minimum atomic E-state index is -0.921. The lowest BCUT2D eigenvalue weighted by molar-refractivity contribution is -0.137. The number of nitrogens with one attached hydrogen (secondary N) is 2. The van der Waals surface area contributed by atoms with Crippen molar-refractivity contribution in [3.05, 3.63) is 112 Å². The van der Waals surface area contributed by atoms with Crippen molar-refractivity contribution in [3.63, 3.8) is 0 Å². The molecule has 3 aromatic rings. The number of unbranched alkanes of at least 4 members (excludes halogenated alkanes) is 3. The van der Waals surface area contributed by atoms with Crippen molar-refractivity contribution in [1.29, 1.82) is 5.26 Å². The molecule has 9 rings (SSSR count). The zero-order valence-electron chi connectivity index (χ0n) is 41.0. The van der Waals surface area contributed by atoms with Crippen molar-refractivity contribution in [2.75, 3.05) is 57.8 Å². The number of rotatable bonds is 17. The van der Waals surface area contributed by atoms with Gasteiger partial charge in [-0.3, -0.25) is 34.3 Å². The summed E-state index contributed by atoms with van der Waals surface area (Å²) in [7, 11) is 1.73. The molecule has 72 heavy (non-hydrogen) atoms. The number of aromatic nitrogens is 1. The highest BCUT2D eigenvalue weighted by Gasteiger charge is 2.42. The quantitative estimate of drug-likeness (QED) is 0.115. The Bertz CT molecular complexity index is 2710. The van der Waals surface area contributed by atoms with E-state index in [1.807, 2.05) is 31.2 Å². The average Bonchev–Trinajstić information content (AvgIpc) is 3.95. The molecule has 0 aliphatic carbocycles. The molecule has 0 spiro atoms. The Morgan fingerprint density at radius 2 is 1.78 bits per heavy atom. The highest BCUT2D eigenvalue weighted by molar-refractivity contribution is 6.05. The normalized spacial score (nSPS) is 21.9. The van der Waals surface area contributed by atoms with Gasteiger partial charge in [-0.25, -0.2) is 13.8 Å². The summed E-state index contributed by atoms with van der Waals surface area (Å²) >= 11 is 0. The van der Waals surface area contributed by atoms with Crippen LogP contribution in [0, 0.1) is 28.9 Å². The average molecular weight is 985 g/mol. The minimum absolute atomic E-state index is 0.0499. The molecule has 2 aromatic carbocycles. The van der Waals surface area contributed by atoms with Gasteiger partial charge in [0.2, 0.25) is 17.7 Å². The van der Waals surface area contributed by atoms with Gasteiger partial charge in [-0.05, 0) is 142 Å². The smallest absolute Gasteiger partial charge is 0.255 e. The Morgan fingerprint density at radius 1 is 0.986 bits per heavy atom. The largest absolute Gasteiger partial charge is 0.492 e. The second kappa shape index (κ2) is 21.8. The Kier molecular flexibility index (Phi) is 15.1. The lowest BCUT2D eigenvalue weighted by Crippen LogP contribution is -2.61. The van der Waals surface area contributed by atoms with Crippen molar-refractivity contribution < 1.29 is 37.5 Å². The van der Waals surface area contributed by atoms with E-state index < -0.39 is 46.5 Å². The fourth-order valence-corrected chi connectivity index (χ4v) is 11.2. The van der Waals surface area contributed by atoms with Crippen molar-refractivity contribution in [2.45, 2.75) is 108 Å². The number of carbonyl (C=O) groups excluding carboxylic acids is 5. The number of hydrogen-bond acceptors (Lipinski definition) is 12. The molecule has 0 bridgehead atoms. The molecule has 2 N–H and O–H groups in total. The van der Waals surface area contributed by atoms with Gasteiger partial charge in [0.05, 0.1) is 36.0 Å². The highest BCUT2D eigenvalue weighted by atomic mass is 19.1. The molecule has 378 valence electrons. The van der Waals surface area contributed by atoms with Gasteiger partial charge in [-0.15, -0.1) is 0 Å². The third kappa shape index (κ3) is 10.9. The number of piperidine rings is 3. The summed E-state index contributed by atoms with van der Waals surface area (Å²) in [5.74, 6) is -1.90. The van der Waals surface area contributed by atoms with E-state index in [2.05, 4.69) is 43.7 Å². The molecule has 7 heterocycles. The number of benzene rings is 2. The lowest BCUT2D eigenvalue weighted by atomic mass is 9.86. The highest BCUT2D eigenvalue weighted by Crippen LogP contribution is 2.38. The molecule has 1 aromatic heterocycles. The van der Waals surface area contributed by atoms with Gasteiger partial charge in [0.1, 0.15) is 35.2 Å². The number of nitriles is 1. The van der Waals surface area contributed by atoms with E-state index in [0.29, 0.717) is 69.2 Å². The number of likely N-dealkylation sites (N-methyl/N-ethyl adjacent to an activating group) is 1. The minimum Gasteiger partial charge on any atom is -0.492 e. The lowest BCUT2D eigenvalue weighted by Gasteiger charge is -2.44. The van der Waals surface area contributed by atoms with Crippen LogP contribution in [0.5, 0.6) is 0 Å². The Balaban J connectivity index is 0.741. The summed E-state index contributed by atoms with van der Waals surface area (Å²) in [4.78, 5) is 77.2. The number of carbonyl (C=O) groups is 5. The number of hydrazone groups is 1. The first-order valence-corrected chi connectivity index (χ1v) is 25.3. The number of likely N-dealkylation sites (tertiary alicyclic amines) is 1. The molecule has 3 unspecified atom stereocenters. The van der Waals surface area contributed by atoms with Gasteiger partial charge in [0.25, 0.3) is 11.8 Å². The Hall–Kier alpha value is -7.00. The van der Waals surface area contributed by atoms with Crippen molar-refractivity contribution in [2.24, 2.45) is 11.0 Å². The number of anilines is 1. The van der Waals surface area contributed by atoms with E-state index in [1.165, 1.54) is 5.56 Å². The first-order chi connectivity index (χ1) is 34.8. The first-order valence-electron chi connectivity index (χ1n) is 25.3. The Morgan fingerprint density at radius 3 is 2.51 bits per heavy atom. The van der Waals surface area contributed by atoms with Crippen molar-refractivity contribution >= 4 is 47.1 Å². The van der Waals surface area contributed by atoms with E-state index in [9.17, 15) is 38.0 Å². The van der Waals surface area contributed by atoms with Gasteiger partial charge >= 0.3 is 0 Å². The molecule has 0 saturated carbocycles. The van der Waals surface area contributed by atoms with Crippen LogP contribution in [-0.4, -0.2) is 131 Å². The fourth-order valence-electron chi connectivity index (χ4n) is 11.2. The first kappa shape index (κ1) is 50.0. The van der Waals surface area contributed by atoms with Gasteiger partial charge in [-0.2, -0.15) is 10.4 Å². The van der Waals surface area contributed by atoms with Crippen LogP contribution in [-0.2, 0) is 25.7 Å². The molecule has 18 heteroatoms. The number of pyridine rings is 1. The third-order valence-electron chi connectivity index (χ3n) is 15.2. The topological polar surface area (TPSA) is 184 Å². The van der Waals surface area contributed by atoms with Gasteiger partial charge in [0, 0.05) is 64.0 Å². The maximum atomic E-state index is 14.9. The molecule has 5 amide bonds. The van der Waals surface area contributed by atoms with Gasteiger partial charge in [0.15, 0.2) is 0 Å². The summed E-state index contributed by atoms with van der Waals surface area (Å²) in [6, 6.07) is 14.2. The van der Waals surface area contributed by atoms with Crippen LogP contribution in [0.4, 0.5) is 14.6 Å². The molecular formula is C54H62F2N10O6. The second-order valence-electron chi connectivity index (χ2n) is 19.9. The number of amides is 5. The van der Waals surface area contributed by atoms with Crippen LogP contribution in [0.2, 0.25) is 0 Å². The molecular weight excluding hydrogens is 923 g/mol. The standard InChI is InChI=1S/C54H62F2N10O6/c1-3-72-41-28-43(50-39(29-57)31-59-66(50)33-41)37-10-15-47(58-30-37)64-24-19-54(20-25-64,61-51(69)44-27-40(55)11-13-45(44)56)34-62(2)49(68)8-6-4-5-7-21-63-22-17-35(18-23-63)36-9-12-42-38(26-36)32-65(53(42)71)46-14-16-48(67)60-52(46)70/h9-13,15,26-28,30-31,33,35,39,46,50H,3-8,14,16-25,32,34H2,1-2H3,(H,61,69)(H,60,67,70). The molecule has 3 fully saturated rings. The van der Waals surface area contributed by atoms with Gasteiger partial charge < -0.3 is 29.7 Å². The van der Waals surface area contributed by atoms with E-state index in [1.54, 1.807) is 40.5 Å². The third-order valence-corrected chi connectivity index (χ3v) is 15.2. The molecule has 3 atom stereocenters. The molecule has 6 aliphatic heterocycles. The number of imide groups is 1. The van der Waals surface area contributed by atoms with Crippen LogP contribution in [0.3, 0.4) is 0 Å². The van der Waals surface area contributed by atoms with Crippen molar-refractivity contribution in [3.8, 4) is 6.07 Å². The van der Waals surface area contributed by atoms with Crippen molar-refractivity contribution in [1.82, 2.24) is 35.3 Å². The van der Waals surface area contributed by atoms with Gasteiger partial charge in [-0.1, -0.05) is 25.0 Å². The number of nitrogens with zero attached hydrogens (tertiary/aromatic N) is 8. The predicted octanol–water partition coefficient (Wildman–Crippen LogP) is 6.26. The summed E-state index contributed by atoms with van der Waals surface area (Å²) < 4.78 is 34.9. The number of ether oxygens (including phenoxy) is 1. The van der Waals surface area contributed by atoms with E-state index in [4.69, 9.17) is 9.72 Å². The summed E-state index contributed by atoms with van der Waals surface area (Å²) in [5.41, 5.74) is 3.17. The van der Waals surface area contributed by atoms with E-state index in [0.717, 1.165) is 98.9 Å². The maximum absolute atomic E-state index is 14.9. The SMILES string of the molecule is CCOC1=CN2N=CC(C#N)C2C(c2ccc(N3CCC(CN(C)C(=O)CCCCCCN4CCC(c5ccc6c(c5)CN(C5CCC(=O)NC5=O)C6=O)CC4)(NC(=O)c4cc(F)ccc4F)CC3)nc2)=C1. The second-order valence-corrected chi connectivity index (χ2v) is 19.9. The van der Waals surface area contributed by atoms with Crippen LogP contribution >= 0.6 is 0 Å². The molecule has 3 saturated heterocycles. The van der Waals surface area contributed by atoms with E-state index in [-0.39, 0.29) is 36.7 Å². The van der Waals surface area contributed by atoms with Crippen LogP contribution in [0.15, 0.2) is 77.9 Å². The number of allylic oxidation sites excluding steroid dienone is 1. The molecule has 16 nitrogen and oxygen atoms in total. The fraction of sp³-hybridized carbons (Fsp3) is 0.481. The van der Waals surface area contributed by atoms with Crippen LogP contribution in [0.25, 0.3) is 5.57 Å². The Labute approximate surface area is 418 Å². The monoisotopic (exact) mass is 984 g/mol. The number of halogens is 2. The predicted molar refractivity (Wildman–Crippen MR) is 265 cm³/mol. The van der Waals surface area contributed by atoms with Crippen LogP contribution < -0.4 is 15.5 Å². The van der Waals surface area contributed by atoms with E-state index >= 15 is 0 Å². The summed E-state index contributed by atoms with van der Waals surface area (Å²) in [6.45, 7) is 6.83. The zero-order valence-corrected chi connectivity index (χ0v) is 41.0. The molecule has 0 radical (unpaired) electrons. The molecule has 6 aliphatic rings. The summed E-state index contributed by atoms with van der Waals surface area (Å²) in [5, 5.41) is 21.4. The zero-order chi connectivity index (χ0) is 50.5. The summed E-state index contributed by atoms with van der Waals surface area (Å²) in [6.07, 6.45) is 14.5. The number of fused-ring (bicyclic) bond motifs is 2.